The number of carbonyl (C=O) groups excluding carboxylic acids is 2. The Morgan fingerprint density at radius 2 is 2.07 bits per heavy atom. The minimum atomic E-state index is -0.304. The normalized spacial score (nSPS) is 22.7. The van der Waals surface area contributed by atoms with Gasteiger partial charge in [-0.25, -0.2) is 4.79 Å². The topological polar surface area (TPSA) is 88.1 Å². The minimum absolute atomic E-state index is 0.0126. The summed E-state index contributed by atoms with van der Waals surface area (Å²) in [6, 6.07) is 4.95. The molecule has 0 spiro atoms. The number of hydrogen-bond acceptors (Lipinski definition) is 5. The van der Waals surface area contributed by atoms with Crippen molar-refractivity contribution >= 4 is 12.0 Å². The summed E-state index contributed by atoms with van der Waals surface area (Å²) in [7, 11) is 1.48. The lowest BCUT2D eigenvalue weighted by Crippen LogP contribution is -2.56. The van der Waals surface area contributed by atoms with Crippen LogP contribution in [-0.2, 0) is 16.1 Å². The first-order valence-electron chi connectivity index (χ1n) is 9.55. The molecule has 2 atom stereocenters. The fraction of sp³-hybridized carbons (Fsp3) is 0.600. The molecular weight excluding hydrogens is 348 g/mol. The zero-order chi connectivity index (χ0) is 19.4. The van der Waals surface area contributed by atoms with E-state index in [2.05, 4.69) is 12.2 Å². The van der Waals surface area contributed by atoms with Gasteiger partial charge < -0.3 is 24.8 Å². The highest BCUT2D eigenvalue weighted by atomic mass is 16.6. The number of phenolic OH excluding ortho intramolecular Hbond substituents is 1. The molecule has 27 heavy (non-hydrogen) atoms. The van der Waals surface area contributed by atoms with E-state index in [1.54, 1.807) is 17.0 Å². The van der Waals surface area contributed by atoms with Gasteiger partial charge in [-0.3, -0.25) is 4.79 Å². The number of benzene rings is 1. The van der Waals surface area contributed by atoms with Gasteiger partial charge in [0.05, 0.1) is 13.0 Å². The fourth-order valence-electron chi connectivity index (χ4n) is 3.66. The number of ether oxygens (including phenoxy) is 2. The molecule has 0 bridgehead atoms. The highest BCUT2D eigenvalue weighted by molar-refractivity contribution is 5.82. The minimum Gasteiger partial charge on any atom is -0.504 e. The van der Waals surface area contributed by atoms with E-state index in [4.69, 9.17) is 9.47 Å². The second kappa shape index (κ2) is 8.50. The Hall–Kier alpha value is -2.44. The van der Waals surface area contributed by atoms with Gasteiger partial charge in [0.1, 0.15) is 6.10 Å². The molecule has 2 amide bonds. The SMILES string of the molecule is COc1cc(CNC(=O)C2CN(C(=O)OC3CCCC(C)C3)C2)ccc1O. The Labute approximate surface area is 159 Å². The highest BCUT2D eigenvalue weighted by Gasteiger charge is 2.37. The van der Waals surface area contributed by atoms with Crippen molar-refractivity contribution in [2.45, 2.75) is 45.3 Å². The van der Waals surface area contributed by atoms with Crippen molar-refractivity contribution in [3.8, 4) is 11.5 Å². The molecule has 148 valence electrons. The third-order valence-electron chi connectivity index (χ3n) is 5.38. The van der Waals surface area contributed by atoms with Crippen LogP contribution in [0.5, 0.6) is 11.5 Å². The Kier molecular flexibility index (Phi) is 6.08. The van der Waals surface area contributed by atoms with Crippen LogP contribution in [0.3, 0.4) is 0 Å². The van der Waals surface area contributed by atoms with Crippen molar-refractivity contribution in [2.24, 2.45) is 11.8 Å². The Morgan fingerprint density at radius 1 is 1.30 bits per heavy atom. The standard InChI is InChI=1S/C20H28N2O5/c1-13-4-3-5-16(8-13)27-20(25)22-11-15(12-22)19(24)21-10-14-6-7-17(23)18(9-14)26-2/h6-7,9,13,15-16,23H,3-5,8,10-12H2,1-2H3,(H,21,24). The molecule has 1 aromatic rings. The first-order chi connectivity index (χ1) is 13.0. The molecule has 0 aromatic heterocycles. The van der Waals surface area contributed by atoms with E-state index in [-0.39, 0.29) is 29.8 Å². The van der Waals surface area contributed by atoms with E-state index >= 15 is 0 Å². The lowest BCUT2D eigenvalue weighted by atomic mass is 9.89. The van der Waals surface area contributed by atoms with Crippen LogP contribution in [0.1, 0.15) is 38.2 Å². The monoisotopic (exact) mass is 376 g/mol. The number of carbonyl (C=O) groups is 2. The number of nitrogens with zero attached hydrogens (tertiary/aromatic N) is 1. The van der Waals surface area contributed by atoms with E-state index in [0.29, 0.717) is 31.3 Å². The molecule has 1 aliphatic carbocycles. The van der Waals surface area contributed by atoms with E-state index < -0.39 is 0 Å². The summed E-state index contributed by atoms with van der Waals surface area (Å²) in [4.78, 5) is 26.0. The third kappa shape index (κ3) is 4.84. The first kappa shape index (κ1) is 19.3. The van der Waals surface area contributed by atoms with Crippen molar-refractivity contribution in [1.82, 2.24) is 10.2 Å². The summed E-state index contributed by atoms with van der Waals surface area (Å²) < 4.78 is 10.6. The number of methoxy groups -OCH3 is 1. The molecule has 1 heterocycles. The Bertz CT molecular complexity index is 687. The average molecular weight is 376 g/mol. The zero-order valence-electron chi connectivity index (χ0n) is 15.9. The second-order valence-corrected chi connectivity index (χ2v) is 7.60. The van der Waals surface area contributed by atoms with Crippen LogP contribution in [0.15, 0.2) is 18.2 Å². The van der Waals surface area contributed by atoms with E-state index in [1.807, 2.05) is 0 Å². The summed E-state index contributed by atoms with van der Waals surface area (Å²) >= 11 is 0. The summed E-state index contributed by atoms with van der Waals surface area (Å²) in [5.74, 6) is 0.744. The van der Waals surface area contributed by atoms with Crippen LogP contribution < -0.4 is 10.1 Å². The number of amides is 2. The van der Waals surface area contributed by atoms with Gasteiger partial charge >= 0.3 is 6.09 Å². The molecule has 1 saturated carbocycles. The maximum Gasteiger partial charge on any atom is 0.410 e. The van der Waals surface area contributed by atoms with Crippen LogP contribution in [0, 0.1) is 11.8 Å². The number of likely N-dealkylation sites (tertiary alicyclic amines) is 1. The molecule has 7 nitrogen and oxygen atoms in total. The molecule has 2 N–H and O–H groups in total. The number of nitrogens with one attached hydrogen (secondary N) is 1. The third-order valence-corrected chi connectivity index (χ3v) is 5.38. The highest BCUT2D eigenvalue weighted by Crippen LogP contribution is 2.28. The molecule has 1 saturated heterocycles. The van der Waals surface area contributed by atoms with Crippen LogP contribution >= 0.6 is 0 Å². The molecule has 7 heteroatoms. The molecule has 2 aliphatic rings. The van der Waals surface area contributed by atoms with Crippen molar-refractivity contribution in [3.63, 3.8) is 0 Å². The Balaban J connectivity index is 1.40. The summed E-state index contributed by atoms with van der Waals surface area (Å²) in [5.41, 5.74) is 0.833. The fourth-order valence-corrected chi connectivity index (χ4v) is 3.66. The van der Waals surface area contributed by atoms with Crippen LogP contribution in [0.2, 0.25) is 0 Å². The Morgan fingerprint density at radius 3 is 2.78 bits per heavy atom. The van der Waals surface area contributed by atoms with Crippen molar-refractivity contribution < 1.29 is 24.2 Å². The molecule has 0 radical (unpaired) electrons. The van der Waals surface area contributed by atoms with Crippen LogP contribution in [-0.4, -0.2) is 48.3 Å². The maximum atomic E-state index is 12.3. The molecule has 2 unspecified atom stereocenters. The second-order valence-electron chi connectivity index (χ2n) is 7.60. The zero-order valence-corrected chi connectivity index (χ0v) is 15.9. The predicted molar refractivity (Wildman–Crippen MR) is 99.5 cm³/mol. The average Bonchev–Trinajstić information content (AvgIpc) is 2.59. The van der Waals surface area contributed by atoms with Crippen LogP contribution in [0.25, 0.3) is 0 Å². The van der Waals surface area contributed by atoms with Gasteiger partial charge in [0.25, 0.3) is 0 Å². The van der Waals surface area contributed by atoms with Gasteiger partial charge in [-0.2, -0.15) is 0 Å². The quantitative estimate of drug-likeness (QED) is 0.825. The van der Waals surface area contributed by atoms with Gasteiger partial charge in [0, 0.05) is 19.6 Å². The van der Waals surface area contributed by atoms with Crippen molar-refractivity contribution in [1.29, 1.82) is 0 Å². The van der Waals surface area contributed by atoms with Crippen LogP contribution in [0.4, 0.5) is 4.79 Å². The van der Waals surface area contributed by atoms with Gasteiger partial charge in [-0.05, 0) is 42.9 Å². The van der Waals surface area contributed by atoms with Gasteiger partial charge in [0.15, 0.2) is 11.5 Å². The lowest BCUT2D eigenvalue weighted by molar-refractivity contribution is -0.129. The van der Waals surface area contributed by atoms with E-state index in [9.17, 15) is 14.7 Å². The summed E-state index contributed by atoms with van der Waals surface area (Å²) in [6.45, 7) is 3.32. The summed E-state index contributed by atoms with van der Waals surface area (Å²) in [6.07, 6.45) is 3.88. The number of hydrogen-bond donors (Lipinski definition) is 2. The van der Waals surface area contributed by atoms with E-state index in [0.717, 1.165) is 24.8 Å². The smallest absolute Gasteiger partial charge is 0.410 e. The molecular formula is C20H28N2O5. The number of aromatic hydroxyl groups is 1. The lowest BCUT2D eigenvalue weighted by Gasteiger charge is -2.38. The van der Waals surface area contributed by atoms with E-state index in [1.165, 1.54) is 19.6 Å². The molecule has 1 aliphatic heterocycles. The van der Waals surface area contributed by atoms with Gasteiger partial charge in [-0.15, -0.1) is 0 Å². The number of phenols is 1. The van der Waals surface area contributed by atoms with Gasteiger partial charge in [0.2, 0.25) is 5.91 Å². The molecule has 1 aromatic carbocycles. The largest absolute Gasteiger partial charge is 0.504 e. The van der Waals surface area contributed by atoms with Crippen molar-refractivity contribution in [3.05, 3.63) is 23.8 Å². The first-order valence-corrected chi connectivity index (χ1v) is 9.55. The molecule has 3 rings (SSSR count). The maximum absolute atomic E-state index is 12.3. The molecule has 2 fully saturated rings. The predicted octanol–water partition coefficient (Wildman–Crippen LogP) is 2.66. The summed E-state index contributed by atoms with van der Waals surface area (Å²) in [5, 5.41) is 12.5. The van der Waals surface area contributed by atoms with Crippen molar-refractivity contribution in [2.75, 3.05) is 20.2 Å². The van der Waals surface area contributed by atoms with Gasteiger partial charge in [-0.1, -0.05) is 19.4 Å². The number of rotatable bonds is 5.